The lowest BCUT2D eigenvalue weighted by atomic mass is 10.0. The highest BCUT2D eigenvalue weighted by molar-refractivity contribution is 5.23. The first kappa shape index (κ1) is 11.3. The van der Waals surface area contributed by atoms with E-state index in [0.717, 1.165) is 19.3 Å². The molecular formula is C13H20O. The summed E-state index contributed by atoms with van der Waals surface area (Å²) in [6, 6.07) is 8.59. The Morgan fingerprint density at radius 1 is 1.07 bits per heavy atom. The molecule has 0 aliphatic carbocycles. The fraction of sp³-hybridized carbons (Fsp3) is 0.538. The smallest absolute Gasteiger partial charge is 0.0577 e. The molecule has 1 aromatic rings. The van der Waals surface area contributed by atoms with Gasteiger partial charge in [0.2, 0.25) is 0 Å². The maximum Gasteiger partial charge on any atom is 0.0577 e. The molecule has 0 heterocycles. The number of hydrogen-bond donors (Lipinski definition) is 1. The number of aliphatic hydroxyl groups is 1. The monoisotopic (exact) mass is 192 g/mol. The molecule has 1 aromatic carbocycles. The van der Waals surface area contributed by atoms with Gasteiger partial charge in [-0.25, -0.2) is 0 Å². The minimum atomic E-state index is -0.188. The van der Waals surface area contributed by atoms with E-state index in [2.05, 4.69) is 31.2 Å². The first-order valence-electron chi connectivity index (χ1n) is 5.52. The molecule has 0 saturated heterocycles. The molecule has 0 radical (unpaired) electrons. The third kappa shape index (κ3) is 3.51. The molecular weight excluding hydrogens is 172 g/mol. The zero-order chi connectivity index (χ0) is 10.4. The van der Waals surface area contributed by atoms with Crippen LogP contribution in [0.1, 0.15) is 37.8 Å². The summed E-state index contributed by atoms with van der Waals surface area (Å²) in [5.41, 5.74) is 2.63. The predicted octanol–water partition coefficient (Wildman–Crippen LogP) is 2.95. The Balaban J connectivity index is 2.54. The van der Waals surface area contributed by atoms with E-state index < -0.39 is 0 Å². The van der Waals surface area contributed by atoms with Gasteiger partial charge in [0, 0.05) is 0 Å². The molecule has 1 N–H and O–H groups in total. The Hall–Kier alpha value is -0.820. The summed E-state index contributed by atoms with van der Waals surface area (Å²) in [4.78, 5) is 0. The lowest BCUT2D eigenvalue weighted by molar-refractivity contribution is 0.171. The molecule has 14 heavy (non-hydrogen) atoms. The SMILES string of the molecule is CCCc1ccc(C[C@@H](O)CC)cc1. The van der Waals surface area contributed by atoms with Crippen LogP contribution in [0.3, 0.4) is 0 Å². The summed E-state index contributed by atoms with van der Waals surface area (Å²) in [7, 11) is 0. The van der Waals surface area contributed by atoms with Gasteiger partial charge in [0.15, 0.2) is 0 Å². The standard InChI is InChI=1S/C13H20O/c1-3-5-11-6-8-12(9-7-11)10-13(14)4-2/h6-9,13-14H,3-5,10H2,1-2H3/t13-/m0/s1. The Bertz CT molecular complexity index is 250. The third-order valence-corrected chi connectivity index (χ3v) is 2.50. The molecule has 1 rings (SSSR count). The molecule has 1 nitrogen and oxygen atoms in total. The summed E-state index contributed by atoms with van der Waals surface area (Å²) in [6.45, 7) is 4.20. The van der Waals surface area contributed by atoms with Gasteiger partial charge in [0.25, 0.3) is 0 Å². The summed E-state index contributed by atoms with van der Waals surface area (Å²) >= 11 is 0. The van der Waals surface area contributed by atoms with Crippen LogP contribution >= 0.6 is 0 Å². The van der Waals surface area contributed by atoms with E-state index in [1.807, 2.05) is 6.92 Å². The first-order valence-corrected chi connectivity index (χ1v) is 5.52. The van der Waals surface area contributed by atoms with Gasteiger partial charge in [-0.3, -0.25) is 0 Å². The van der Waals surface area contributed by atoms with Crippen LogP contribution in [0.25, 0.3) is 0 Å². The van der Waals surface area contributed by atoms with Gasteiger partial charge in [-0.15, -0.1) is 0 Å². The van der Waals surface area contributed by atoms with Crippen molar-refractivity contribution >= 4 is 0 Å². The van der Waals surface area contributed by atoms with E-state index in [4.69, 9.17) is 0 Å². The van der Waals surface area contributed by atoms with E-state index in [9.17, 15) is 5.11 Å². The Morgan fingerprint density at radius 2 is 1.64 bits per heavy atom. The quantitative estimate of drug-likeness (QED) is 0.760. The number of rotatable bonds is 5. The number of hydrogen-bond acceptors (Lipinski definition) is 1. The van der Waals surface area contributed by atoms with Crippen molar-refractivity contribution in [3.05, 3.63) is 35.4 Å². The molecule has 0 aliphatic heterocycles. The second-order valence-corrected chi connectivity index (χ2v) is 3.83. The highest BCUT2D eigenvalue weighted by Crippen LogP contribution is 2.09. The van der Waals surface area contributed by atoms with Crippen LogP contribution in [0, 0.1) is 0 Å². The molecule has 1 heteroatoms. The van der Waals surface area contributed by atoms with Crippen molar-refractivity contribution in [2.75, 3.05) is 0 Å². The van der Waals surface area contributed by atoms with E-state index >= 15 is 0 Å². The normalized spacial score (nSPS) is 12.8. The first-order chi connectivity index (χ1) is 6.76. The minimum absolute atomic E-state index is 0.188. The summed E-state index contributed by atoms with van der Waals surface area (Å²) in [6.07, 6.45) is 3.76. The van der Waals surface area contributed by atoms with Crippen LogP contribution in [0.15, 0.2) is 24.3 Å². The maximum atomic E-state index is 9.48. The third-order valence-electron chi connectivity index (χ3n) is 2.50. The number of aryl methyl sites for hydroxylation is 1. The van der Waals surface area contributed by atoms with Crippen molar-refractivity contribution in [1.82, 2.24) is 0 Å². The molecule has 0 aliphatic rings. The van der Waals surface area contributed by atoms with Crippen LogP contribution in [-0.2, 0) is 12.8 Å². The number of benzene rings is 1. The summed E-state index contributed by atoms with van der Waals surface area (Å²) < 4.78 is 0. The van der Waals surface area contributed by atoms with Crippen molar-refractivity contribution in [3.63, 3.8) is 0 Å². The molecule has 0 bridgehead atoms. The van der Waals surface area contributed by atoms with Crippen LogP contribution < -0.4 is 0 Å². The van der Waals surface area contributed by atoms with Crippen molar-refractivity contribution in [2.24, 2.45) is 0 Å². The number of aliphatic hydroxyl groups excluding tert-OH is 1. The maximum absolute atomic E-state index is 9.48. The van der Waals surface area contributed by atoms with Gasteiger partial charge in [-0.2, -0.15) is 0 Å². The lowest BCUT2D eigenvalue weighted by Crippen LogP contribution is -2.08. The molecule has 0 fully saturated rings. The van der Waals surface area contributed by atoms with Crippen LogP contribution in [0.5, 0.6) is 0 Å². The van der Waals surface area contributed by atoms with E-state index in [1.54, 1.807) is 0 Å². The van der Waals surface area contributed by atoms with Gasteiger partial charge < -0.3 is 5.11 Å². The fourth-order valence-electron chi connectivity index (χ4n) is 1.55. The Kier molecular flexibility index (Phi) is 4.68. The second-order valence-electron chi connectivity index (χ2n) is 3.83. The molecule has 0 amide bonds. The molecule has 1 atom stereocenters. The highest BCUT2D eigenvalue weighted by Gasteiger charge is 2.02. The van der Waals surface area contributed by atoms with Gasteiger partial charge in [-0.1, -0.05) is 44.5 Å². The van der Waals surface area contributed by atoms with Crippen molar-refractivity contribution in [2.45, 2.75) is 45.6 Å². The molecule has 0 spiro atoms. The Labute approximate surface area is 86.8 Å². The second kappa shape index (κ2) is 5.82. The Morgan fingerprint density at radius 3 is 2.14 bits per heavy atom. The molecule has 78 valence electrons. The van der Waals surface area contributed by atoms with E-state index in [-0.39, 0.29) is 6.10 Å². The zero-order valence-corrected chi connectivity index (χ0v) is 9.16. The summed E-state index contributed by atoms with van der Waals surface area (Å²) in [5.74, 6) is 0. The van der Waals surface area contributed by atoms with Gasteiger partial charge in [0.05, 0.1) is 6.10 Å². The van der Waals surface area contributed by atoms with Crippen LogP contribution in [-0.4, -0.2) is 11.2 Å². The molecule has 0 saturated carbocycles. The average molecular weight is 192 g/mol. The van der Waals surface area contributed by atoms with E-state index in [1.165, 1.54) is 17.5 Å². The zero-order valence-electron chi connectivity index (χ0n) is 9.16. The molecule has 0 unspecified atom stereocenters. The minimum Gasteiger partial charge on any atom is -0.393 e. The largest absolute Gasteiger partial charge is 0.393 e. The average Bonchev–Trinajstić information content (AvgIpc) is 2.21. The van der Waals surface area contributed by atoms with Crippen LogP contribution in [0.4, 0.5) is 0 Å². The van der Waals surface area contributed by atoms with Gasteiger partial charge in [0.1, 0.15) is 0 Å². The van der Waals surface area contributed by atoms with E-state index in [0.29, 0.717) is 0 Å². The van der Waals surface area contributed by atoms with Crippen LogP contribution in [0.2, 0.25) is 0 Å². The lowest BCUT2D eigenvalue weighted by Gasteiger charge is -2.08. The molecule has 0 aromatic heterocycles. The summed E-state index contributed by atoms with van der Waals surface area (Å²) in [5, 5.41) is 9.48. The predicted molar refractivity (Wildman–Crippen MR) is 60.4 cm³/mol. The van der Waals surface area contributed by atoms with Crippen molar-refractivity contribution < 1.29 is 5.11 Å². The fourth-order valence-corrected chi connectivity index (χ4v) is 1.55. The highest BCUT2D eigenvalue weighted by atomic mass is 16.3. The van der Waals surface area contributed by atoms with Gasteiger partial charge >= 0.3 is 0 Å². The van der Waals surface area contributed by atoms with Crippen molar-refractivity contribution in [3.8, 4) is 0 Å². The van der Waals surface area contributed by atoms with Crippen molar-refractivity contribution in [1.29, 1.82) is 0 Å². The topological polar surface area (TPSA) is 20.2 Å². The van der Waals surface area contributed by atoms with Gasteiger partial charge in [-0.05, 0) is 30.4 Å².